The summed E-state index contributed by atoms with van der Waals surface area (Å²) >= 11 is 0. The highest BCUT2D eigenvalue weighted by Gasteiger charge is 2.11. The third kappa shape index (κ3) is 2.65. The van der Waals surface area contributed by atoms with Crippen LogP contribution in [0.25, 0.3) is 11.0 Å². The molecule has 1 saturated heterocycles. The molecule has 0 atom stereocenters. The summed E-state index contributed by atoms with van der Waals surface area (Å²) in [5, 5.41) is 0. The second-order valence-corrected chi connectivity index (χ2v) is 5.32. The lowest BCUT2D eigenvalue weighted by molar-refractivity contribution is 0.0365. The van der Waals surface area contributed by atoms with Crippen LogP contribution in [0, 0.1) is 13.8 Å². The number of aryl methyl sites for hydroxylation is 2. The molecular weight excluding hydrogens is 238 g/mol. The average molecular weight is 259 g/mol. The Balaban J connectivity index is 1.75. The Hall–Kier alpha value is -1.39. The molecule has 0 spiro atoms. The Morgan fingerprint density at radius 1 is 1.11 bits per heavy atom. The number of nitrogens with zero attached hydrogens (tertiary/aromatic N) is 3. The van der Waals surface area contributed by atoms with Gasteiger partial charge in [-0.05, 0) is 37.1 Å². The number of aromatic nitrogens is 2. The minimum atomic E-state index is 0.864. The van der Waals surface area contributed by atoms with Gasteiger partial charge in [0.15, 0.2) is 0 Å². The zero-order chi connectivity index (χ0) is 13.2. The van der Waals surface area contributed by atoms with Crippen molar-refractivity contribution < 1.29 is 4.74 Å². The Kier molecular flexibility index (Phi) is 3.53. The molecule has 2 aromatic rings. The van der Waals surface area contributed by atoms with Crippen molar-refractivity contribution in [2.45, 2.75) is 20.4 Å². The van der Waals surface area contributed by atoms with Gasteiger partial charge in [-0.15, -0.1) is 0 Å². The zero-order valence-corrected chi connectivity index (χ0v) is 11.7. The highest BCUT2D eigenvalue weighted by atomic mass is 16.5. The summed E-state index contributed by atoms with van der Waals surface area (Å²) < 4.78 is 7.64. The lowest BCUT2D eigenvalue weighted by Gasteiger charge is -2.26. The quantitative estimate of drug-likeness (QED) is 0.844. The maximum Gasteiger partial charge on any atom is 0.0958 e. The third-order valence-electron chi connectivity index (χ3n) is 4.00. The normalized spacial score (nSPS) is 17.2. The largest absolute Gasteiger partial charge is 0.379 e. The second kappa shape index (κ2) is 5.31. The molecule has 3 rings (SSSR count). The predicted molar refractivity (Wildman–Crippen MR) is 76.5 cm³/mol. The lowest BCUT2D eigenvalue weighted by Crippen LogP contribution is -2.38. The number of rotatable bonds is 3. The van der Waals surface area contributed by atoms with Crippen LogP contribution >= 0.6 is 0 Å². The van der Waals surface area contributed by atoms with Crippen LogP contribution in [-0.4, -0.2) is 47.3 Å². The van der Waals surface area contributed by atoms with Crippen molar-refractivity contribution in [3.05, 3.63) is 29.6 Å². The molecule has 4 heteroatoms. The van der Waals surface area contributed by atoms with Crippen LogP contribution in [0.2, 0.25) is 0 Å². The van der Waals surface area contributed by atoms with Crippen molar-refractivity contribution in [1.29, 1.82) is 0 Å². The van der Waals surface area contributed by atoms with Gasteiger partial charge < -0.3 is 9.30 Å². The highest BCUT2D eigenvalue weighted by molar-refractivity contribution is 5.77. The first-order chi connectivity index (χ1) is 9.24. The molecule has 19 heavy (non-hydrogen) atoms. The van der Waals surface area contributed by atoms with Gasteiger partial charge in [-0.2, -0.15) is 0 Å². The van der Waals surface area contributed by atoms with Gasteiger partial charge in [-0.3, -0.25) is 4.90 Å². The maximum absolute atomic E-state index is 5.38. The van der Waals surface area contributed by atoms with E-state index in [9.17, 15) is 0 Å². The van der Waals surface area contributed by atoms with Gasteiger partial charge in [0.2, 0.25) is 0 Å². The van der Waals surface area contributed by atoms with E-state index in [4.69, 9.17) is 4.74 Å². The molecule has 0 aliphatic carbocycles. The van der Waals surface area contributed by atoms with Crippen molar-refractivity contribution in [3.63, 3.8) is 0 Å². The van der Waals surface area contributed by atoms with E-state index >= 15 is 0 Å². The molecular formula is C15H21N3O. The number of imidazole rings is 1. The Bertz CT molecular complexity index is 570. The minimum absolute atomic E-state index is 0.864. The minimum Gasteiger partial charge on any atom is -0.379 e. The summed E-state index contributed by atoms with van der Waals surface area (Å²) in [5.41, 5.74) is 4.99. The third-order valence-corrected chi connectivity index (χ3v) is 4.00. The molecule has 1 aliphatic heterocycles. The van der Waals surface area contributed by atoms with E-state index in [0.29, 0.717) is 0 Å². The maximum atomic E-state index is 5.38. The van der Waals surface area contributed by atoms with E-state index < -0.39 is 0 Å². The van der Waals surface area contributed by atoms with Crippen molar-refractivity contribution in [2.24, 2.45) is 0 Å². The molecule has 0 radical (unpaired) electrons. The number of hydrogen-bond acceptors (Lipinski definition) is 3. The molecule has 4 nitrogen and oxygen atoms in total. The zero-order valence-electron chi connectivity index (χ0n) is 11.7. The van der Waals surface area contributed by atoms with Gasteiger partial charge in [0.25, 0.3) is 0 Å². The van der Waals surface area contributed by atoms with Crippen LogP contribution in [0.4, 0.5) is 0 Å². The van der Waals surface area contributed by atoms with Crippen LogP contribution in [0.15, 0.2) is 18.5 Å². The number of benzene rings is 1. The van der Waals surface area contributed by atoms with E-state index in [0.717, 1.165) is 44.9 Å². The summed E-state index contributed by atoms with van der Waals surface area (Å²) in [4.78, 5) is 6.96. The lowest BCUT2D eigenvalue weighted by atomic mass is 10.1. The molecule has 1 aromatic heterocycles. The van der Waals surface area contributed by atoms with Crippen molar-refractivity contribution >= 4 is 11.0 Å². The average Bonchev–Trinajstić information content (AvgIpc) is 2.80. The van der Waals surface area contributed by atoms with Gasteiger partial charge in [-0.1, -0.05) is 0 Å². The van der Waals surface area contributed by atoms with E-state index in [1.54, 1.807) is 0 Å². The van der Waals surface area contributed by atoms with Crippen LogP contribution in [0.3, 0.4) is 0 Å². The van der Waals surface area contributed by atoms with Crippen LogP contribution in [0.1, 0.15) is 11.1 Å². The topological polar surface area (TPSA) is 30.3 Å². The first kappa shape index (κ1) is 12.6. The van der Waals surface area contributed by atoms with Crippen LogP contribution in [-0.2, 0) is 11.3 Å². The number of ether oxygens (including phenoxy) is 1. The number of hydrogen-bond donors (Lipinski definition) is 0. The monoisotopic (exact) mass is 259 g/mol. The Morgan fingerprint density at radius 3 is 2.63 bits per heavy atom. The summed E-state index contributed by atoms with van der Waals surface area (Å²) in [6.45, 7) is 10.2. The fourth-order valence-corrected chi connectivity index (χ4v) is 2.57. The van der Waals surface area contributed by atoms with Crippen LogP contribution < -0.4 is 0 Å². The molecule has 0 N–H and O–H groups in total. The predicted octanol–water partition coefficient (Wildman–Crippen LogP) is 1.99. The first-order valence-corrected chi connectivity index (χ1v) is 6.96. The SMILES string of the molecule is Cc1cc2ncn(CCN3CCOCC3)c2cc1C. The van der Waals surface area contributed by atoms with E-state index in [1.165, 1.54) is 16.6 Å². The van der Waals surface area contributed by atoms with Gasteiger partial charge >= 0.3 is 0 Å². The Morgan fingerprint density at radius 2 is 1.84 bits per heavy atom. The van der Waals surface area contributed by atoms with Crippen molar-refractivity contribution in [1.82, 2.24) is 14.5 Å². The summed E-state index contributed by atoms with van der Waals surface area (Å²) in [6, 6.07) is 4.42. The van der Waals surface area contributed by atoms with E-state index in [1.807, 2.05) is 6.33 Å². The van der Waals surface area contributed by atoms with Crippen molar-refractivity contribution in [3.8, 4) is 0 Å². The molecule has 0 amide bonds. The molecule has 0 saturated carbocycles. The van der Waals surface area contributed by atoms with E-state index in [2.05, 4.69) is 40.4 Å². The fraction of sp³-hybridized carbons (Fsp3) is 0.533. The molecule has 0 unspecified atom stereocenters. The van der Waals surface area contributed by atoms with Gasteiger partial charge in [0.1, 0.15) is 0 Å². The molecule has 1 aromatic carbocycles. The molecule has 1 aliphatic rings. The Labute approximate surface area is 114 Å². The second-order valence-electron chi connectivity index (χ2n) is 5.32. The van der Waals surface area contributed by atoms with Gasteiger partial charge in [-0.25, -0.2) is 4.98 Å². The molecule has 0 bridgehead atoms. The van der Waals surface area contributed by atoms with E-state index in [-0.39, 0.29) is 0 Å². The summed E-state index contributed by atoms with van der Waals surface area (Å²) in [7, 11) is 0. The first-order valence-electron chi connectivity index (χ1n) is 6.96. The van der Waals surface area contributed by atoms with Gasteiger partial charge in [0.05, 0.1) is 30.6 Å². The van der Waals surface area contributed by atoms with Gasteiger partial charge in [0, 0.05) is 26.2 Å². The van der Waals surface area contributed by atoms with Crippen molar-refractivity contribution in [2.75, 3.05) is 32.8 Å². The number of fused-ring (bicyclic) bond motifs is 1. The highest BCUT2D eigenvalue weighted by Crippen LogP contribution is 2.18. The summed E-state index contributed by atoms with van der Waals surface area (Å²) in [6.07, 6.45) is 1.96. The molecule has 1 fully saturated rings. The standard InChI is InChI=1S/C15H21N3O/c1-12-9-14-15(10-13(12)2)18(11-16-14)4-3-17-5-7-19-8-6-17/h9-11H,3-8H2,1-2H3. The smallest absolute Gasteiger partial charge is 0.0958 e. The number of morpholine rings is 1. The molecule has 102 valence electrons. The summed E-state index contributed by atoms with van der Waals surface area (Å²) in [5.74, 6) is 0. The molecule has 2 heterocycles. The van der Waals surface area contributed by atoms with Crippen LogP contribution in [0.5, 0.6) is 0 Å². The fourth-order valence-electron chi connectivity index (χ4n) is 2.57.